The Labute approximate surface area is 78.6 Å². The third-order valence-electron chi connectivity index (χ3n) is 2.89. The van der Waals surface area contributed by atoms with Crippen LogP contribution in [0.3, 0.4) is 0 Å². The number of rotatable bonds is 2. The lowest BCUT2D eigenvalue weighted by molar-refractivity contribution is 0.729. The maximum atomic E-state index is 2.30. The van der Waals surface area contributed by atoms with Crippen molar-refractivity contribution in [2.75, 3.05) is 0 Å². The molecular weight excluding hydrogens is 164 g/mol. The van der Waals surface area contributed by atoms with E-state index in [0.717, 1.165) is 5.92 Å². The van der Waals surface area contributed by atoms with Crippen LogP contribution in [0, 0.1) is 0 Å². The Morgan fingerprint density at radius 3 is 2.83 bits per heavy atom. The van der Waals surface area contributed by atoms with Gasteiger partial charge in [0.05, 0.1) is 0 Å². The molecule has 1 fully saturated rings. The largest absolute Gasteiger partial charge is 0.148 e. The first kappa shape index (κ1) is 8.31. The van der Waals surface area contributed by atoms with Crippen molar-refractivity contribution in [3.63, 3.8) is 0 Å². The zero-order valence-corrected chi connectivity index (χ0v) is 8.49. The molecule has 1 aliphatic carbocycles. The summed E-state index contributed by atoms with van der Waals surface area (Å²) in [5, 5.41) is 2.26. The van der Waals surface area contributed by atoms with Crippen LogP contribution in [0.25, 0.3) is 0 Å². The van der Waals surface area contributed by atoms with Crippen LogP contribution < -0.4 is 0 Å². The highest BCUT2D eigenvalue weighted by Crippen LogP contribution is 2.38. The van der Waals surface area contributed by atoms with Gasteiger partial charge < -0.3 is 0 Å². The number of aryl methyl sites for hydroxylation is 1. The van der Waals surface area contributed by atoms with Crippen LogP contribution in [0.2, 0.25) is 0 Å². The van der Waals surface area contributed by atoms with Gasteiger partial charge in [-0.15, -0.1) is 11.3 Å². The van der Waals surface area contributed by atoms with E-state index < -0.39 is 0 Å². The fourth-order valence-corrected chi connectivity index (χ4v) is 3.36. The van der Waals surface area contributed by atoms with Gasteiger partial charge >= 0.3 is 0 Å². The summed E-state index contributed by atoms with van der Waals surface area (Å²) < 4.78 is 0. The minimum atomic E-state index is 0.917. The molecule has 0 amide bonds. The minimum Gasteiger partial charge on any atom is -0.148 e. The molecule has 1 aliphatic rings. The Hall–Kier alpha value is -0.300. The molecule has 0 bridgehead atoms. The summed E-state index contributed by atoms with van der Waals surface area (Å²) >= 11 is 1.97. The van der Waals surface area contributed by atoms with Crippen molar-refractivity contribution >= 4 is 11.3 Å². The molecule has 1 aromatic heterocycles. The first-order chi connectivity index (χ1) is 5.92. The van der Waals surface area contributed by atoms with E-state index in [1.807, 2.05) is 11.3 Å². The van der Waals surface area contributed by atoms with Gasteiger partial charge in [-0.3, -0.25) is 0 Å². The summed E-state index contributed by atoms with van der Waals surface area (Å²) in [5.41, 5.74) is 1.60. The van der Waals surface area contributed by atoms with Crippen LogP contribution in [0.4, 0.5) is 0 Å². The van der Waals surface area contributed by atoms with Crippen molar-refractivity contribution in [1.82, 2.24) is 0 Å². The van der Waals surface area contributed by atoms with Gasteiger partial charge in [-0.1, -0.05) is 19.8 Å². The van der Waals surface area contributed by atoms with Gasteiger partial charge in [-0.2, -0.15) is 0 Å². The Morgan fingerprint density at radius 1 is 1.42 bits per heavy atom. The smallest absolute Gasteiger partial charge is 0.0108 e. The van der Waals surface area contributed by atoms with Crippen molar-refractivity contribution in [3.05, 3.63) is 21.9 Å². The second-order valence-corrected chi connectivity index (χ2v) is 4.59. The van der Waals surface area contributed by atoms with E-state index in [4.69, 9.17) is 0 Å². The summed E-state index contributed by atoms with van der Waals surface area (Å²) in [7, 11) is 0. The van der Waals surface area contributed by atoms with E-state index in [9.17, 15) is 0 Å². The van der Waals surface area contributed by atoms with E-state index in [-0.39, 0.29) is 0 Å². The highest BCUT2D eigenvalue weighted by molar-refractivity contribution is 7.10. The van der Waals surface area contributed by atoms with E-state index >= 15 is 0 Å². The van der Waals surface area contributed by atoms with Crippen molar-refractivity contribution in [2.45, 2.75) is 44.9 Å². The second kappa shape index (κ2) is 3.61. The van der Waals surface area contributed by atoms with Crippen LogP contribution in [-0.4, -0.2) is 0 Å². The molecule has 0 aliphatic heterocycles. The molecule has 0 nitrogen and oxygen atoms in total. The maximum absolute atomic E-state index is 2.30. The molecule has 1 heteroatoms. The van der Waals surface area contributed by atoms with Crippen LogP contribution in [0.15, 0.2) is 11.4 Å². The van der Waals surface area contributed by atoms with E-state index in [2.05, 4.69) is 18.4 Å². The van der Waals surface area contributed by atoms with Gasteiger partial charge in [0, 0.05) is 4.88 Å². The first-order valence-electron chi connectivity index (χ1n) is 4.98. The van der Waals surface area contributed by atoms with Crippen LogP contribution in [-0.2, 0) is 6.42 Å². The van der Waals surface area contributed by atoms with Crippen LogP contribution in [0.5, 0.6) is 0 Å². The van der Waals surface area contributed by atoms with Crippen molar-refractivity contribution in [2.24, 2.45) is 0 Å². The van der Waals surface area contributed by atoms with Crippen molar-refractivity contribution < 1.29 is 0 Å². The predicted octanol–water partition coefficient (Wildman–Crippen LogP) is 3.97. The monoisotopic (exact) mass is 180 g/mol. The predicted molar refractivity (Wildman–Crippen MR) is 54.9 cm³/mol. The molecule has 0 spiro atoms. The third kappa shape index (κ3) is 1.42. The number of hydrogen-bond donors (Lipinski definition) is 0. The molecule has 0 aromatic carbocycles. The molecule has 0 atom stereocenters. The lowest BCUT2D eigenvalue weighted by atomic mass is 10.0. The average molecular weight is 180 g/mol. The fraction of sp³-hybridized carbons (Fsp3) is 0.636. The third-order valence-corrected chi connectivity index (χ3v) is 4.01. The van der Waals surface area contributed by atoms with E-state index in [1.54, 1.807) is 10.4 Å². The standard InChI is InChI=1S/C11H16S/c1-2-9-7-8-12-11(9)10-5-3-4-6-10/h7-8,10H,2-6H2,1H3. The summed E-state index contributed by atoms with van der Waals surface area (Å²) in [5.74, 6) is 0.917. The second-order valence-electron chi connectivity index (χ2n) is 3.65. The van der Waals surface area contributed by atoms with Crippen LogP contribution in [0.1, 0.15) is 49.0 Å². The normalized spacial score (nSPS) is 18.8. The van der Waals surface area contributed by atoms with E-state index in [0.29, 0.717) is 0 Å². The van der Waals surface area contributed by atoms with Crippen LogP contribution >= 0.6 is 11.3 Å². The van der Waals surface area contributed by atoms with Crippen molar-refractivity contribution in [3.8, 4) is 0 Å². The zero-order valence-electron chi connectivity index (χ0n) is 7.68. The highest BCUT2D eigenvalue weighted by atomic mass is 32.1. The maximum Gasteiger partial charge on any atom is 0.0108 e. The molecule has 2 rings (SSSR count). The molecule has 0 N–H and O–H groups in total. The number of thiophene rings is 1. The van der Waals surface area contributed by atoms with Gasteiger partial charge in [-0.05, 0) is 42.2 Å². The molecular formula is C11H16S. The summed E-state index contributed by atoms with van der Waals surface area (Å²) in [4.78, 5) is 1.69. The van der Waals surface area contributed by atoms with Gasteiger partial charge in [0.2, 0.25) is 0 Å². The quantitative estimate of drug-likeness (QED) is 0.646. The van der Waals surface area contributed by atoms with Gasteiger partial charge in [0.15, 0.2) is 0 Å². The topological polar surface area (TPSA) is 0 Å². The summed E-state index contributed by atoms with van der Waals surface area (Å²) in [6.07, 6.45) is 6.99. The Bertz CT molecular complexity index is 243. The molecule has 0 radical (unpaired) electrons. The minimum absolute atomic E-state index is 0.917. The van der Waals surface area contributed by atoms with Gasteiger partial charge in [-0.25, -0.2) is 0 Å². The molecule has 12 heavy (non-hydrogen) atoms. The zero-order chi connectivity index (χ0) is 8.39. The molecule has 0 saturated heterocycles. The SMILES string of the molecule is CCc1ccsc1C1CCCC1. The van der Waals surface area contributed by atoms with E-state index in [1.165, 1.54) is 32.1 Å². The van der Waals surface area contributed by atoms with Gasteiger partial charge in [0.1, 0.15) is 0 Å². The summed E-state index contributed by atoms with van der Waals surface area (Å²) in [6, 6.07) is 2.30. The number of hydrogen-bond acceptors (Lipinski definition) is 1. The Morgan fingerprint density at radius 2 is 2.17 bits per heavy atom. The molecule has 66 valence electrons. The fourth-order valence-electron chi connectivity index (χ4n) is 2.19. The average Bonchev–Trinajstić information content (AvgIpc) is 2.74. The molecule has 1 aromatic rings. The van der Waals surface area contributed by atoms with Crippen molar-refractivity contribution in [1.29, 1.82) is 0 Å². The van der Waals surface area contributed by atoms with Gasteiger partial charge in [0.25, 0.3) is 0 Å². The lowest BCUT2D eigenvalue weighted by Crippen LogP contribution is -1.92. The first-order valence-corrected chi connectivity index (χ1v) is 5.86. The Balaban J connectivity index is 2.19. The molecule has 0 unspecified atom stereocenters. The highest BCUT2D eigenvalue weighted by Gasteiger charge is 2.19. The molecule has 1 saturated carbocycles. The Kier molecular flexibility index (Phi) is 2.50. The molecule has 1 heterocycles. The lowest BCUT2D eigenvalue weighted by Gasteiger charge is -2.08. The summed E-state index contributed by atoms with van der Waals surface area (Å²) in [6.45, 7) is 2.26.